The summed E-state index contributed by atoms with van der Waals surface area (Å²) < 4.78 is 0. The fourth-order valence-electron chi connectivity index (χ4n) is 1.85. The van der Waals surface area contributed by atoms with Crippen LogP contribution in [0.3, 0.4) is 0 Å². The minimum atomic E-state index is -0.0764. The zero-order valence-electron chi connectivity index (χ0n) is 9.15. The number of amides is 1. The molecule has 0 radical (unpaired) electrons. The van der Waals surface area contributed by atoms with Crippen molar-refractivity contribution in [1.29, 1.82) is 0 Å². The first-order chi connectivity index (χ1) is 7.86. The molecule has 1 aliphatic rings. The molecule has 1 fully saturated rings. The summed E-state index contributed by atoms with van der Waals surface area (Å²) in [4.78, 5) is 19.5. The van der Waals surface area contributed by atoms with Gasteiger partial charge in [0.25, 0.3) is 5.91 Å². The van der Waals surface area contributed by atoms with Crippen molar-refractivity contribution in [2.75, 3.05) is 13.1 Å². The monoisotopic (exact) mass is 220 g/mol. The number of rotatable bonds is 2. The third kappa shape index (κ3) is 3.00. The number of nitrogens with one attached hydrogen (secondary N) is 2. The van der Waals surface area contributed by atoms with Crippen molar-refractivity contribution in [3.63, 3.8) is 0 Å². The van der Waals surface area contributed by atoms with Crippen LogP contribution in [0.25, 0.3) is 0 Å². The summed E-state index contributed by atoms with van der Waals surface area (Å²) >= 11 is 0. The molecule has 0 aliphatic carbocycles. The topological polar surface area (TPSA) is 66.9 Å². The van der Waals surface area contributed by atoms with E-state index in [1.807, 2.05) is 0 Å². The molecule has 1 amide bonds. The number of carbonyl (C=O) groups is 1. The van der Waals surface area contributed by atoms with Gasteiger partial charge < -0.3 is 10.6 Å². The van der Waals surface area contributed by atoms with E-state index in [0.29, 0.717) is 5.56 Å². The van der Waals surface area contributed by atoms with Crippen LogP contribution in [0.15, 0.2) is 18.7 Å². The lowest BCUT2D eigenvalue weighted by molar-refractivity contribution is 0.0933. The lowest BCUT2D eigenvalue weighted by atomic mass is 10.1. The van der Waals surface area contributed by atoms with Crippen LogP contribution in [0.4, 0.5) is 0 Å². The smallest absolute Gasteiger partial charge is 0.254 e. The van der Waals surface area contributed by atoms with Crippen LogP contribution in [-0.2, 0) is 0 Å². The Morgan fingerprint density at radius 1 is 1.31 bits per heavy atom. The van der Waals surface area contributed by atoms with Crippen LogP contribution in [-0.4, -0.2) is 35.0 Å². The highest BCUT2D eigenvalue weighted by atomic mass is 16.1. The molecule has 0 aromatic carbocycles. The van der Waals surface area contributed by atoms with Crippen LogP contribution < -0.4 is 10.6 Å². The lowest BCUT2D eigenvalue weighted by Crippen LogP contribution is -2.35. The Bertz CT molecular complexity index is 333. The van der Waals surface area contributed by atoms with Gasteiger partial charge in [-0.3, -0.25) is 4.79 Å². The summed E-state index contributed by atoms with van der Waals surface area (Å²) in [5.74, 6) is -0.0764. The van der Waals surface area contributed by atoms with Crippen LogP contribution in [0.2, 0.25) is 0 Å². The highest BCUT2D eigenvalue weighted by Crippen LogP contribution is 2.06. The molecule has 2 heterocycles. The molecule has 0 bridgehead atoms. The van der Waals surface area contributed by atoms with Crippen molar-refractivity contribution in [3.8, 4) is 0 Å². The Hall–Kier alpha value is -1.49. The average molecular weight is 220 g/mol. The maximum absolute atomic E-state index is 11.8. The van der Waals surface area contributed by atoms with Crippen molar-refractivity contribution in [3.05, 3.63) is 24.3 Å². The second-order valence-corrected chi connectivity index (χ2v) is 3.98. The Labute approximate surface area is 94.7 Å². The fourth-order valence-corrected chi connectivity index (χ4v) is 1.85. The van der Waals surface area contributed by atoms with E-state index in [2.05, 4.69) is 20.6 Å². The molecular weight excluding hydrogens is 204 g/mol. The molecule has 1 aromatic rings. The molecule has 5 heteroatoms. The summed E-state index contributed by atoms with van der Waals surface area (Å²) in [6.07, 6.45) is 7.63. The van der Waals surface area contributed by atoms with Gasteiger partial charge >= 0.3 is 0 Å². The van der Waals surface area contributed by atoms with Crippen molar-refractivity contribution < 1.29 is 4.79 Å². The first-order valence-corrected chi connectivity index (χ1v) is 5.63. The summed E-state index contributed by atoms with van der Waals surface area (Å²) in [6, 6.07) is 0.266. The molecule has 0 saturated carbocycles. The Balaban J connectivity index is 1.91. The maximum Gasteiger partial charge on any atom is 0.254 e. The van der Waals surface area contributed by atoms with Gasteiger partial charge in [-0.05, 0) is 32.4 Å². The largest absolute Gasteiger partial charge is 0.349 e. The summed E-state index contributed by atoms with van der Waals surface area (Å²) in [5.41, 5.74) is 0.528. The van der Waals surface area contributed by atoms with Crippen molar-refractivity contribution >= 4 is 5.91 Å². The highest BCUT2D eigenvalue weighted by molar-refractivity contribution is 5.93. The first-order valence-electron chi connectivity index (χ1n) is 5.63. The van der Waals surface area contributed by atoms with E-state index in [9.17, 15) is 4.79 Å². The van der Waals surface area contributed by atoms with E-state index in [4.69, 9.17) is 0 Å². The van der Waals surface area contributed by atoms with E-state index >= 15 is 0 Å². The molecule has 1 aliphatic heterocycles. The predicted octanol–water partition coefficient (Wildman–Crippen LogP) is 0.348. The van der Waals surface area contributed by atoms with Gasteiger partial charge in [0.1, 0.15) is 6.33 Å². The molecule has 16 heavy (non-hydrogen) atoms. The van der Waals surface area contributed by atoms with E-state index in [1.165, 1.54) is 18.7 Å². The van der Waals surface area contributed by atoms with Gasteiger partial charge in [-0.2, -0.15) is 0 Å². The third-order valence-electron chi connectivity index (χ3n) is 2.73. The van der Waals surface area contributed by atoms with Gasteiger partial charge in [0, 0.05) is 18.4 Å². The van der Waals surface area contributed by atoms with Crippen LogP contribution in [0.1, 0.15) is 29.6 Å². The molecule has 0 spiro atoms. The van der Waals surface area contributed by atoms with Crippen molar-refractivity contribution in [1.82, 2.24) is 20.6 Å². The average Bonchev–Trinajstić information content (AvgIpc) is 2.59. The Morgan fingerprint density at radius 2 is 2.12 bits per heavy atom. The maximum atomic E-state index is 11.8. The Kier molecular flexibility index (Phi) is 3.82. The molecule has 5 nitrogen and oxygen atoms in total. The number of hydrogen-bond donors (Lipinski definition) is 2. The third-order valence-corrected chi connectivity index (χ3v) is 2.73. The fraction of sp³-hybridized carbons (Fsp3) is 0.545. The normalized spacial score (nSPS) is 21.1. The molecule has 2 N–H and O–H groups in total. The zero-order valence-corrected chi connectivity index (χ0v) is 9.15. The van der Waals surface area contributed by atoms with Gasteiger partial charge in [0.2, 0.25) is 0 Å². The minimum Gasteiger partial charge on any atom is -0.349 e. The first kappa shape index (κ1) is 11.0. The SMILES string of the molecule is O=C(NC1CCCNCC1)c1cncnc1. The number of nitrogens with zero attached hydrogens (tertiary/aromatic N) is 2. The molecular formula is C11H16N4O. The van der Waals surface area contributed by atoms with E-state index in [-0.39, 0.29) is 11.9 Å². The molecule has 1 saturated heterocycles. The molecule has 1 unspecified atom stereocenters. The second-order valence-electron chi connectivity index (χ2n) is 3.98. The quantitative estimate of drug-likeness (QED) is 0.754. The molecule has 1 aromatic heterocycles. The zero-order chi connectivity index (χ0) is 11.2. The van der Waals surface area contributed by atoms with Crippen molar-refractivity contribution in [2.45, 2.75) is 25.3 Å². The predicted molar refractivity (Wildman–Crippen MR) is 60.0 cm³/mol. The number of aromatic nitrogens is 2. The summed E-state index contributed by atoms with van der Waals surface area (Å²) in [5, 5.41) is 6.33. The Morgan fingerprint density at radius 3 is 2.94 bits per heavy atom. The number of carbonyl (C=O) groups excluding carboxylic acids is 1. The van der Waals surface area contributed by atoms with E-state index in [0.717, 1.165) is 32.4 Å². The van der Waals surface area contributed by atoms with Gasteiger partial charge in [-0.1, -0.05) is 0 Å². The van der Waals surface area contributed by atoms with Gasteiger partial charge in [-0.25, -0.2) is 9.97 Å². The van der Waals surface area contributed by atoms with E-state index < -0.39 is 0 Å². The molecule has 86 valence electrons. The number of hydrogen-bond acceptors (Lipinski definition) is 4. The molecule has 2 rings (SSSR count). The van der Waals surface area contributed by atoms with Crippen LogP contribution in [0.5, 0.6) is 0 Å². The summed E-state index contributed by atoms with van der Waals surface area (Å²) in [7, 11) is 0. The van der Waals surface area contributed by atoms with Gasteiger partial charge in [0.05, 0.1) is 5.56 Å². The van der Waals surface area contributed by atoms with Crippen LogP contribution in [0, 0.1) is 0 Å². The van der Waals surface area contributed by atoms with Crippen molar-refractivity contribution in [2.24, 2.45) is 0 Å². The van der Waals surface area contributed by atoms with E-state index in [1.54, 1.807) is 0 Å². The molecule has 1 atom stereocenters. The van der Waals surface area contributed by atoms with Gasteiger partial charge in [-0.15, -0.1) is 0 Å². The van der Waals surface area contributed by atoms with Crippen LogP contribution >= 0.6 is 0 Å². The highest BCUT2D eigenvalue weighted by Gasteiger charge is 2.15. The lowest BCUT2D eigenvalue weighted by Gasteiger charge is -2.15. The minimum absolute atomic E-state index is 0.0764. The second kappa shape index (κ2) is 5.55. The standard InChI is InChI=1S/C11H16N4O/c16-11(9-6-13-8-14-7-9)15-10-2-1-4-12-5-3-10/h6-8,10,12H,1-5H2,(H,15,16). The van der Waals surface area contributed by atoms with Gasteiger partial charge in [0.15, 0.2) is 0 Å². The summed E-state index contributed by atoms with van der Waals surface area (Å²) in [6.45, 7) is 2.01.